The number of fused-ring (bicyclic) bond motifs is 1. The first-order valence-electron chi connectivity index (χ1n) is 6.03. The van der Waals surface area contributed by atoms with Gasteiger partial charge in [0.1, 0.15) is 5.65 Å². The zero-order valence-corrected chi connectivity index (χ0v) is 11.2. The van der Waals surface area contributed by atoms with Crippen molar-refractivity contribution in [2.45, 2.75) is 19.3 Å². The van der Waals surface area contributed by atoms with Gasteiger partial charge in [0.2, 0.25) is 0 Å². The van der Waals surface area contributed by atoms with Crippen molar-refractivity contribution >= 4 is 21.6 Å². The lowest BCUT2D eigenvalue weighted by Gasteiger charge is -2.20. The van der Waals surface area contributed by atoms with E-state index in [0.29, 0.717) is 0 Å². The molecule has 1 fully saturated rings. The van der Waals surface area contributed by atoms with Crippen LogP contribution in [0.2, 0.25) is 0 Å². The van der Waals surface area contributed by atoms with Gasteiger partial charge in [-0.3, -0.25) is 4.40 Å². The zero-order valence-electron chi connectivity index (χ0n) is 9.60. The third-order valence-corrected chi connectivity index (χ3v) is 3.98. The van der Waals surface area contributed by atoms with Crippen molar-refractivity contribution in [1.82, 2.24) is 9.38 Å². The predicted octanol–water partition coefficient (Wildman–Crippen LogP) is 3.07. The second-order valence-electron chi connectivity index (χ2n) is 4.57. The maximum Gasteiger partial charge on any atom is 0.137 e. The maximum atomic E-state index is 5.38. The summed E-state index contributed by atoms with van der Waals surface area (Å²) < 4.78 is 8.53. The Morgan fingerprint density at radius 1 is 1.35 bits per heavy atom. The first-order chi connectivity index (χ1) is 8.33. The van der Waals surface area contributed by atoms with Crippen LogP contribution in [0.1, 0.15) is 18.5 Å². The molecule has 0 saturated carbocycles. The number of aromatic nitrogens is 2. The molecule has 0 unspecified atom stereocenters. The SMILES string of the molecule is Brc1cccc2nc(CC3CCOCC3)cn12. The minimum atomic E-state index is 0.729. The Labute approximate surface area is 109 Å². The number of imidazole rings is 1. The molecule has 2 aromatic heterocycles. The van der Waals surface area contributed by atoms with E-state index >= 15 is 0 Å². The van der Waals surface area contributed by atoms with Gasteiger partial charge in [0.05, 0.1) is 10.3 Å². The second kappa shape index (κ2) is 4.78. The monoisotopic (exact) mass is 294 g/mol. The van der Waals surface area contributed by atoms with E-state index in [4.69, 9.17) is 4.74 Å². The summed E-state index contributed by atoms with van der Waals surface area (Å²) in [6, 6.07) is 6.09. The molecule has 0 radical (unpaired) electrons. The molecule has 3 nitrogen and oxygen atoms in total. The third-order valence-electron chi connectivity index (χ3n) is 3.33. The molecule has 4 heteroatoms. The molecular formula is C13H15BrN2O. The van der Waals surface area contributed by atoms with E-state index in [0.717, 1.165) is 48.6 Å². The van der Waals surface area contributed by atoms with Crippen LogP contribution in [0.15, 0.2) is 29.0 Å². The minimum absolute atomic E-state index is 0.729. The van der Waals surface area contributed by atoms with Crippen molar-refractivity contribution in [3.05, 3.63) is 34.7 Å². The average molecular weight is 295 g/mol. The average Bonchev–Trinajstić information content (AvgIpc) is 2.74. The number of pyridine rings is 1. The van der Waals surface area contributed by atoms with Gasteiger partial charge in [-0.1, -0.05) is 6.07 Å². The van der Waals surface area contributed by atoms with Crippen LogP contribution in [0.25, 0.3) is 5.65 Å². The van der Waals surface area contributed by atoms with Crippen LogP contribution >= 0.6 is 15.9 Å². The summed E-state index contributed by atoms with van der Waals surface area (Å²) in [5.41, 5.74) is 2.20. The van der Waals surface area contributed by atoms with E-state index in [1.165, 1.54) is 5.69 Å². The normalized spacial score (nSPS) is 17.7. The third kappa shape index (κ3) is 2.38. The summed E-state index contributed by atoms with van der Waals surface area (Å²) in [6.07, 6.45) is 5.52. The van der Waals surface area contributed by atoms with E-state index in [1.807, 2.05) is 18.2 Å². The van der Waals surface area contributed by atoms with Gasteiger partial charge in [-0.2, -0.15) is 0 Å². The van der Waals surface area contributed by atoms with Crippen LogP contribution in [0, 0.1) is 5.92 Å². The van der Waals surface area contributed by atoms with Crippen LogP contribution < -0.4 is 0 Å². The smallest absolute Gasteiger partial charge is 0.137 e. The minimum Gasteiger partial charge on any atom is -0.381 e. The van der Waals surface area contributed by atoms with Crippen molar-refractivity contribution in [3.63, 3.8) is 0 Å². The van der Waals surface area contributed by atoms with E-state index in [9.17, 15) is 0 Å². The molecule has 0 spiro atoms. The van der Waals surface area contributed by atoms with Crippen molar-refractivity contribution in [2.24, 2.45) is 5.92 Å². The number of hydrogen-bond donors (Lipinski definition) is 0. The lowest BCUT2D eigenvalue weighted by atomic mass is 9.95. The van der Waals surface area contributed by atoms with Crippen LogP contribution in [-0.4, -0.2) is 22.6 Å². The molecule has 0 N–H and O–H groups in total. The predicted molar refractivity (Wildman–Crippen MR) is 70.1 cm³/mol. The molecule has 0 aromatic carbocycles. The number of ether oxygens (including phenoxy) is 1. The van der Waals surface area contributed by atoms with E-state index < -0.39 is 0 Å². The highest BCUT2D eigenvalue weighted by Crippen LogP contribution is 2.21. The standard InChI is InChI=1S/C13H15BrN2O/c14-12-2-1-3-13-15-11(9-16(12)13)8-10-4-6-17-7-5-10/h1-3,9-10H,4-8H2. The van der Waals surface area contributed by atoms with Crippen molar-refractivity contribution < 1.29 is 4.74 Å². The maximum absolute atomic E-state index is 5.38. The van der Waals surface area contributed by atoms with Crippen LogP contribution in [0.3, 0.4) is 0 Å². The Morgan fingerprint density at radius 2 is 2.18 bits per heavy atom. The molecule has 3 heterocycles. The van der Waals surface area contributed by atoms with Crippen molar-refractivity contribution in [3.8, 4) is 0 Å². The highest BCUT2D eigenvalue weighted by Gasteiger charge is 2.16. The summed E-state index contributed by atoms with van der Waals surface area (Å²) in [6.45, 7) is 1.81. The van der Waals surface area contributed by atoms with Gasteiger partial charge in [-0.05, 0) is 53.2 Å². The van der Waals surface area contributed by atoms with Crippen LogP contribution in [0.4, 0.5) is 0 Å². The van der Waals surface area contributed by atoms with E-state index in [-0.39, 0.29) is 0 Å². The van der Waals surface area contributed by atoms with Crippen molar-refractivity contribution in [1.29, 1.82) is 0 Å². The molecule has 1 saturated heterocycles. The Hall–Kier alpha value is -0.870. The molecule has 0 atom stereocenters. The largest absolute Gasteiger partial charge is 0.381 e. The molecule has 90 valence electrons. The number of halogens is 1. The molecule has 0 bridgehead atoms. The summed E-state index contributed by atoms with van der Waals surface area (Å²) >= 11 is 3.54. The Balaban J connectivity index is 1.83. The lowest BCUT2D eigenvalue weighted by molar-refractivity contribution is 0.0663. The van der Waals surface area contributed by atoms with Gasteiger partial charge in [-0.15, -0.1) is 0 Å². The molecule has 1 aliphatic rings. The molecule has 0 aliphatic carbocycles. The van der Waals surface area contributed by atoms with E-state index in [1.54, 1.807) is 0 Å². The number of rotatable bonds is 2. The molecule has 3 rings (SSSR count). The summed E-state index contributed by atoms with van der Waals surface area (Å²) in [5, 5.41) is 0. The number of hydrogen-bond acceptors (Lipinski definition) is 2. The van der Waals surface area contributed by atoms with Gasteiger partial charge in [0.15, 0.2) is 0 Å². The molecule has 1 aliphatic heterocycles. The highest BCUT2D eigenvalue weighted by molar-refractivity contribution is 9.10. The van der Waals surface area contributed by atoms with E-state index in [2.05, 4.69) is 31.5 Å². The van der Waals surface area contributed by atoms with Gasteiger partial charge >= 0.3 is 0 Å². The molecule has 2 aromatic rings. The van der Waals surface area contributed by atoms with Gasteiger partial charge < -0.3 is 4.74 Å². The molecule has 0 amide bonds. The van der Waals surface area contributed by atoms with Gasteiger partial charge in [0, 0.05) is 19.4 Å². The van der Waals surface area contributed by atoms with Gasteiger partial charge in [-0.25, -0.2) is 4.98 Å². The first-order valence-corrected chi connectivity index (χ1v) is 6.82. The first kappa shape index (κ1) is 11.2. The molecular weight excluding hydrogens is 280 g/mol. The fraction of sp³-hybridized carbons (Fsp3) is 0.462. The van der Waals surface area contributed by atoms with Crippen molar-refractivity contribution in [2.75, 3.05) is 13.2 Å². The Kier molecular flexibility index (Phi) is 3.16. The summed E-state index contributed by atoms with van der Waals surface area (Å²) in [7, 11) is 0. The number of nitrogens with zero attached hydrogens (tertiary/aromatic N) is 2. The lowest BCUT2D eigenvalue weighted by Crippen LogP contribution is -2.17. The Bertz CT molecular complexity index is 517. The second-order valence-corrected chi connectivity index (χ2v) is 5.38. The fourth-order valence-electron chi connectivity index (χ4n) is 2.37. The summed E-state index contributed by atoms with van der Waals surface area (Å²) in [4.78, 5) is 4.66. The topological polar surface area (TPSA) is 26.5 Å². The highest BCUT2D eigenvalue weighted by atomic mass is 79.9. The van der Waals surface area contributed by atoms with Crippen LogP contribution in [-0.2, 0) is 11.2 Å². The van der Waals surface area contributed by atoms with Gasteiger partial charge in [0.25, 0.3) is 0 Å². The molecule has 17 heavy (non-hydrogen) atoms. The summed E-state index contributed by atoms with van der Waals surface area (Å²) in [5.74, 6) is 0.729. The fourth-order valence-corrected chi connectivity index (χ4v) is 2.81. The van der Waals surface area contributed by atoms with Crippen LogP contribution in [0.5, 0.6) is 0 Å². The quantitative estimate of drug-likeness (QED) is 0.796. The zero-order chi connectivity index (χ0) is 11.7. The Morgan fingerprint density at radius 3 is 2.94 bits per heavy atom.